The number of carbonyl (C=O) groups is 1. The number of methoxy groups -OCH3 is 1. The molecule has 1 aromatic carbocycles. The molecule has 0 N–H and O–H groups in total. The summed E-state index contributed by atoms with van der Waals surface area (Å²) < 4.78 is 5.19. The Bertz CT molecular complexity index is 673. The van der Waals surface area contributed by atoms with E-state index in [1.807, 2.05) is 29.3 Å². The number of rotatable bonds is 5. The van der Waals surface area contributed by atoms with Crippen LogP contribution in [0, 0.1) is 12.8 Å². The molecule has 0 aliphatic carbocycles. The van der Waals surface area contributed by atoms with Gasteiger partial charge in [-0.25, -0.2) is 4.98 Å². The molecule has 1 saturated heterocycles. The fourth-order valence-electron chi connectivity index (χ4n) is 3.21. The van der Waals surface area contributed by atoms with E-state index in [0.29, 0.717) is 11.6 Å². The van der Waals surface area contributed by atoms with Gasteiger partial charge in [0.15, 0.2) is 0 Å². The normalized spacial score (nSPS) is 15.5. The Labute approximate surface area is 147 Å². The largest absolute Gasteiger partial charge is 0.497 e. The van der Waals surface area contributed by atoms with Crippen LogP contribution in [0.5, 0.6) is 5.75 Å². The number of thiazole rings is 1. The number of piperidine rings is 1. The van der Waals surface area contributed by atoms with Crippen LogP contribution in [-0.4, -0.2) is 36.0 Å². The molecule has 1 amide bonds. The van der Waals surface area contributed by atoms with Crippen molar-refractivity contribution in [3.05, 3.63) is 45.9 Å². The summed E-state index contributed by atoms with van der Waals surface area (Å²) in [5, 5.41) is 2.82. The summed E-state index contributed by atoms with van der Waals surface area (Å²) in [4.78, 5) is 18.7. The minimum absolute atomic E-state index is 0.0907. The molecule has 3 rings (SSSR count). The number of ether oxygens (including phenoxy) is 1. The summed E-state index contributed by atoms with van der Waals surface area (Å²) in [6.45, 7) is 3.64. The zero-order valence-electron chi connectivity index (χ0n) is 14.3. The number of hydrogen-bond acceptors (Lipinski definition) is 4. The third-order valence-corrected chi connectivity index (χ3v) is 5.51. The van der Waals surface area contributed by atoms with Crippen molar-refractivity contribution in [2.75, 3.05) is 20.2 Å². The Morgan fingerprint density at radius 2 is 2.00 bits per heavy atom. The molecule has 2 aromatic rings. The molecule has 0 radical (unpaired) electrons. The van der Waals surface area contributed by atoms with Crippen molar-refractivity contribution in [1.29, 1.82) is 0 Å². The van der Waals surface area contributed by atoms with Crippen LogP contribution in [0.25, 0.3) is 0 Å². The third-order valence-electron chi connectivity index (χ3n) is 4.74. The second kappa shape index (κ2) is 7.79. The van der Waals surface area contributed by atoms with Gasteiger partial charge < -0.3 is 9.64 Å². The van der Waals surface area contributed by atoms with Crippen LogP contribution in [0.15, 0.2) is 29.6 Å². The lowest BCUT2D eigenvalue weighted by Gasteiger charge is -2.31. The molecule has 0 atom stereocenters. The Morgan fingerprint density at radius 1 is 1.29 bits per heavy atom. The van der Waals surface area contributed by atoms with Gasteiger partial charge in [0.2, 0.25) is 0 Å². The Hall–Kier alpha value is -1.88. The van der Waals surface area contributed by atoms with Crippen molar-refractivity contribution in [3.63, 3.8) is 0 Å². The fourth-order valence-corrected chi connectivity index (χ4v) is 3.80. The summed E-state index contributed by atoms with van der Waals surface area (Å²) in [6, 6.07) is 8.32. The van der Waals surface area contributed by atoms with Crippen molar-refractivity contribution in [2.24, 2.45) is 5.92 Å². The van der Waals surface area contributed by atoms with E-state index in [-0.39, 0.29) is 5.91 Å². The molecule has 2 heterocycles. The van der Waals surface area contributed by atoms with Gasteiger partial charge in [0, 0.05) is 18.5 Å². The summed E-state index contributed by atoms with van der Waals surface area (Å²) in [6.07, 6.45) is 4.45. The van der Waals surface area contributed by atoms with Crippen LogP contribution in [-0.2, 0) is 6.42 Å². The highest BCUT2D eigenvalue weighted by molar-refractivity contribution is 7.09. The first-order chi connectivity index (χ1) is 11.7. The standard InChI is InChI=1S/C19H24N2O2S/c1-14-20-18(13-24-14)19(22)21-11-9-16(10-12-21)4-3-15-5-7-17(23-2)8-6-15/h5-8,13,16H,3-4,9-12H2,1-2H3. The maximum Gasteiger partial charge on any atom is 0.273 e. The molecule has 0 saturated carbocycles. The lowest BCUT2D eigenvalue weighted by molar-refractivity contribution is 0.0681. The van der Waals surface area contributed by atoms with Gasteiger partial charge in [0.05, 0.1) is 12.1 Å². The minimum atomic E-state index is 0.0907. The van der Waals surface area contributed by atoms with E-state index in [1.165, 1.54) is 23.3 Å². The number of aromatic nitrogens is 1. The van der Waals surface area contributed by atoms with Gasteiger partial charge >= 0.3 is 0 Å². The molecule has 0 bridgehead atoms. The van der Waals surface area contributed by atoms with Crippen LogP contribution >= 0.6 is 11.3 Å². The number of likely N-dealkylation sites (tertiary alicyclic amines) is 1. The number of hydrogen-bond donors (Lipinski definition) is 0. The predicted molar refractivity (Wildman–Crippen MR) is 96.8 cm³/mol. The second-order valence-corrected chi connectivity index (χ2v) is 7.44. The van der Waals surface area contributed by atoms with E-state index in [2.05, 4.69) is 17.1 Å². The topological polar surface area (TPSA) is 42.4 Å². The molecule has 1 aromatic heterocycles. The number of benzene rings is 1. The van der Waals surface area contributed by atoms with Gasteiger partial charge in [-0.2, -0.15) is 0 Å². The first-order valence-corrected chi connectivity index (χ1v) is 9.38. The summed E-state index contributed by atoms with van der Waals surface area (Å²) in [5.41, 5.74) is 1.96. The first kappa shape index (κ1) is 17.0. The maximum atomic E-state index is 12.4. The smallest absolute Gasteiger partial charge is 0.273 e. The molecule has 0 spiro atoms. The van der Waals surface area contributed by atoms with E-state index >= 15 is 0 Å². The maximum absolute atomic E-state index is 12.4. The summed E-state index contributed by atoms with van der Waals surface area (Å²) >= 11 is 1.54. The molecule has 5 heteroatoms. The van der Waals surface area contributed by atoms with Gasteiger partial charge in [0.1, 0.15) is 11.4 Å². The average molecular weight is 344 g/mol. The lowest BCUT2D eigenvalue weighted by atomic mass is 9.90. The minimum Gasteiger partial charge on any atom is -0.497 e. The molecular weight excluding hydrogens is 320 g/mol. The van der Waals surface area contributed by atoms with Crippen molar-refractivity contribution >= 4 is 17.2 Å². The number of nitrogens with zero attached hydrogens (tertiary/aromatic N) is 2. The highest BCUT2D eigenvalue weighted by Crippen LogP contribution is 2.24. The Kier molecular flexibility index (Phi) is 5.51. The van der Waals surface area contributed by atoms with E-state index in [1.54, 1.807) is 7.11 Å². The molecule has 1 aliphatic heterocycles. The highest BCUT2D eigenvalue weighted by atomic mass is 32.1. The summed E-state index contributed by atoms with van der Waals surface area (Å²) in [5.74, 6) is 1.70. The lowest BCUT2D eigenvalue weighted by Crippen LogP contribution is -2.38. The molecule has 4 nitrogen and oxygen atoms in total. The van der Waals surface area contributed by atoms with Gasteiger partial charge in [-0.05, 0) is 56.2 Å². The summed E-state index contributed by atoms with van der Waals surface area (Å²) in [7, 11) is 1.69. The fraction of sp³-hybridized carbons (Fsp3) is 0.474. The SMILES string of the molecule is COc1ccc(CCC2CCN(C(=O)c3csc(C)n3)CC2)cc1. The number of amides is 1. The second-order valence-electron chi connectivity index (χ2n) is 6.37. The molecule has 128 valence electrons. The van der Waals surface area contributed by atoms with Crippen molar-refractivity contribution in [2.45, 2.75) is 32.6 Å². The first-order valence-electron chi connectivity index (χ1n) is 8.50. The van der Waals surface area contributed by atoms with Crippen molar-refractivity contribution < 1.29 is 9.53 Å². The monoisotopic (exact) mass is 344 g/mol. The van der Waals surface area contributed by atoms with Gasteiger partial charge in [0.25, 0.3) is 5.91 Å². The molecule has 24 heavy (non-hydrogen) atoms. The van der Waals surface area contributed by atoms with E-state index in [4.69, 9.17) is 4.74 Å². The predicted octanol–water partition coefficient (Wildman–Crippen LogP) is 3.95. The van der Waals surface area contributed by atoms with E-state index in [9.17, 15) is 4.79 Å². The average Bonchev–Trinajstić information content (AvgIpc) is 3.06. The molecule has 1 fully saturated rings. The van der Waals surface area contributed by atoms with Gasteiger partial charge in [-0.3, -0.25) is 4.79 Å². The van der Waals surface area contributed by atoms with Crippen LogP contribution < -0.4 is 4.74 Å². The van der Waals surface area contributed by atoms with Crippen molar-refractivity contribution in [3.8, 4) is 5.75 Å². The van der Waals surface area contributed by atoms with Crippen LogP contribution in [0.4, 0.5) is 0 Å². The Morgan fingerprint density at radius 3 is 2.58 bits per heavy atom. The zero-order chi connectivity index (χ0) is 16.9. The van der Waals surface area contributed by atoms with Crippen LogP contribution in [0.3, 0.4) is 0 Å². The van der Waals surface area contributed by atoms with Crippen LogP contribution in [0.1, 0.15) is 40.3 Å². The van der Waals surface area contributed by atoms with E-state index < -0.39 is 0 Å². The van der Waals surface area contributed by atoms with Gasteiger partial charge in [-0.1, -0.05) is 12.1 Å². The third kappa shape index (κ3) is 4.15. The van der Waals surface area contributed by atoms with Crippen molar-refractivity contribution in [1.82, 2.24) is 9.88 Å². The van der Waals surface area contributed by atoms with Crippen LogP contribution in [0.2, 0.25) is 0 Å². The Balaban J connectivity index is 1.45. The number of carbonyl (C=O) groups excluding carboxylic acids is 1. The molecule has 0 unspecified atom stereocenters. The molecule has 1 aliphatic rings. The molecular formula is C19H24N2O2S. The van der Waals surface area contributed by atoms with Gasteiger partial charge in [-0.15, -0.1) is 11.3 Å². The zero-order valence-corrected chi connectivity index (χ0v) is 15.1. The quantitative estimate of drug-likeness (QED) is 0.825. The highest BCUT2D eigenvalue weighted by Gasteiger charge is 2.24. The number of aryl methyl sites for hydroxylation is 2. The van der Waals surface area contributed by atoms with E-state index in [0.717, 1.165) is 43.1 Å².